The first-order valence-electron chi connectivity index (χ1n) is 1.17. The Morgan fingerprint density at radius 2 is 1.33 bits per heavy atom. The van der Waals surface area contributed by atoms with Crippen molar-refractivity contribution in [1.82, 2.24) is 5.48 Å². The molecule has 0 aromatic carbocycles. The van der Waals surface area contributed by atoms with Crippen molar-refractivity contribution in [3.05, 3.63) is 0 Å². The molecule has 0 spiro atoms. The molecule has 0 aliphatic heterocycles. The second-order valence-corrected chi connectivity index (χ2v) is 0.224. The van der Waals surface area contributed by atoms with E-state index in [0.717, 1.165) is 7.11 Å². The number of hydrogen-bond acceptors (Lipinski definition) is 3. The molecule has 0 unspecified atom stereocenters. The first-order chi connectivity index (χ1) is 2.41. The highest BCUT2D eigenvalue weighted by Crippen LogP contribution is 0.957. The van der Waals surface area contributed by atoms with Gasteiger partial charge in [-0.25, -0.2) is 5.48 Å². The number of aliphatic hydroxyl groups is 1. The molecule has 0 aliphatic rings. The topological polar surface area (TPSA) is 52.5 Å². The van der Waals surface area contributed by atoms with Gasteiger partial charge >= 0.3 is 0 Å². The summed E-state index contributed by atoms with van der Waals surface area (Å²) in [6.45, 7) is 0. The molecule has 0 bridgehead atoms. The van der Waals surface area contributed by atoms with E-state index in [0.29, 0.717) is 0 Å². The number of halogens is 1. The third-order valence-electron chi connectivity index (χ3n) is 0. The molecule has 42 valence electrons. The van der Waals surface area contributed by atoms with Crippen molar-refractivity contribution >= 4 is 12.4 Å². The highest BCUT2D eigenvalue weighted by molar-refractivity contribution is 5.85. The van der Waals surface area contributed by atoms with Gasteiger partial charge in [-0.05, 0) is 0 Å². The average molecular weight is 116 g/mol. The van der Waals surface area contributed by atoms with Gasteiger partial charge < -0.3 is 10.3 Å². The Bertz CT molecular complexity index is 11.5. The summed E-state index contributed by atoms with van der Waals surface area (Å²) in [7, 11) is 2.43. The molecule has 0 aromatic rings. The smallest absolute Gasteiger partial charge is 0.0319 e. The van der Waals surface area contributed by atoms with Crippen LogP contribution in [0.5, 0.6) is 0 Å². The first kappa shape index (κ1) is 16.4. The molecule has 6 heavy (non-hydrogen) atoms. The maximum atomic E-state index is 7.32. The first-order valence-corrected chi connectivity index (χ1v) is 1.17. The summed E-state index contributed by atoms with van der Waals surface area (Å²) >= 11 is 0. The summed E-state index contributed by atoms with van der Waals surface area (Å²) in [5.41, 5.74) is 1.75. The van der Waals surface area contributed by atoms with E-state index in [1.807, 2.05) is 0 Å². The zero-order valence-corrected chi connectivity index (χ0v) is 4.62. The molecule has 0 rings (SSSR count). The number of hydrogen-bond donors (Lipinski definition) is 3. The van der Waals surface area contributed by atoms with Gasteiger partial charge in [-0.1, -0.05) is 0 Å². The summed E-state index contributed by atoms with van der Waals surface area (Å²) in [5, 5.41) is 14.3. The minimum atomic E-state index is 0. The van der Waals surface area contributed by atoms with Crippen molar-refractivity contribution in [3.63, 3.8) is 0 Å². The van der Waals surface area contributed by atoms with Gasteiger partial charge in [0, 0.05) is 14.2 Å². The van der Waals surface area contributed by atoms with Gasteiger partial charge in [-0.3, -0.25) is 0 Å². The second kappa shape index (κ2) is 65.7. The molecule has 0 saturated heterocycles. The Morgan fingerprint density at radius 3 is 1.33 bits per heavy atom. The van der Waals surface area contributed by atoms with Crippen molar-refractivity contribution < 1.29 is 10.3 Å². The fourth-order valence-corrected chi connectivity index (χ4v) is 0. The lowest BCUT2D eigenvalue weighted by atomic mass is 11.6. The van der Waals surface area contributed by atoms with Gasteiger partial charge in [-0.2, -0.15) is 0 Å². The van der Waals surface area contributed by atoms with Crippen molar-refractivity contribution in [3.8, 4) is 0 Å². The summed E-state index contributed by atoms with van der Waals surface area (Å²) in [4.78, 5) is 0. The van der Waals surface area contributed by atoms with E-state index in [1.54, 1.807) is 5.48 Å². The van der Waals surface area contributed by atoms with Crippen LogP contribution in [0.1, 0.15) is 0 Å². The van der Waals surface area contributed by atoms with Gasteiger partial charge in [0.25, 0.3) is 0 Å². The van der Waals surface area contributed by atoms with Crippen LogP contribution < -0.4 is 5.48 Å². The lowest BCUT2D eigenvalue weighted by Crippen LogP contribution is -1.91. The lowest BCUT2D eigenvalue weighted by Gasteiger charge is -1.60. The van der Waals surface area contributed by atoms with Crippen molar-refractivity contribution in [2.45, 2.75) is 0 Å². The Kier molecular flexibility index (Phi) is 180. The van der Waals surface area contributed by atoms with Gasteiger partial charge in [-0.15, -0.1) is 12.4 Å². The Balaban J connectivity index is -0.0000000275. The van der Waals surface area contributed by atoms with E-state index in [-0.39, 0.29) is 12.4 Å². The van der Waals surface area contributed by atoms with E-state index in [9.17, 15) is 0 Å². The molecule has 0 fully saturated rings. The van der Waals surface area contributed by atoms with E-state index in [1.165, 1.54) is 7.05 Å². The third-order valence-corrected chi connectivity index (χ3v) is 0. The van der Waals surface area contributed by atoms with Crippen LogP contribution in [0.15, 0.2) is 0 Å². The van der Waals surface area contributed by atoms with Crippen LogP contribution in [0.2, 0.25) is 0 Å². The number of rotatable bonds is 0. The maximum absolute atomic E-state index is 7.32. The molecule has 0 aliphatic carbocycles. The Hall–Kier alpha value is 0.170. The molecule has 0 atom stereocenters. The Morgan fingerprint density at radius 1 is 1.33 bits per heavy atom. The maximum Gasteiger partial charge on any atom is 0.0319 e. The van der Waals surface area contributed by atoms with Gasteiger partial charge in [0.2, 0.25) is 0 Å². The molecular weight excluding hydrogens is 105 g/mol. The van der Waals surface area contributed by atoms with Crippen molar-refractivity contribution in [2.75, 3.05) is 14.2 Å². The molecular formula is C2H10ClNO2. The molecule has 0 radical (unpaired) electrons. The molecule has 0 saturated carbocycles. The minimum absolute atomic E-state index is 0. The summed E-state index contributed by atoms with van der Waals surface area (Å²) < 4.78 is 0. The summed E-state index contributed by atoms with van der Waals surface area (Å²) in [5.74, 6) is 0. The monoisotopic (exact) mass is 115 g/mol. The van der Waals surface area contributed by atoms with Crippen LogP contribution in [0.25, 0.3) is 0 Å². The molecule has 4 heteroatoms. The molecule has 3 nitrogen and oxygen atoms in total. The SMILES string of the molecule is CNO.CO.Cl. The van der Waals surface area contributed by atoms with Crippen LogP contribution in [0.3, 0.4) is 0 Å². The predicted octanol–water partition coefficient (Wildman–Crippen LogP) is -0.375. The second-order valence-electron chi connectivity index (χ2n) is 0.224. The zero-order valence-electron chi connectivity index (χ0n) is 3.80. The van der Waals surface area contributed by atoms with Crippen LogP contribution in [0, 0.1) is 0 Å². The fourth-order valence-electron chi connectivity index (χ4n) is 0. The van der Waals surface area contributed by atoms with Crippen molar-refractivity contribution in [1.29, 1.82) is 0 Å². The average Bonchev–Trinajstić information content (AvgIpc) is 1.46. The molecule has 0 amide bonds. The van der Waals surface area contributed by atoms with Crippen LogP contribution in [-0.2, 0) is 0 Å². The van der Waals surface area contributed by atoms with Crippen LogP contribution in [0.4, 0.5) is 0 Å². The Labute approximate surface area is 43.4 Å². The summed E-state index contributed by atoms with van der Waals surface area (Å²) in [6.07, 6.45) is 0. The summed E-state index contributed by atoms with van der Waals surface area (Å²) in [6, 6.07) is 0. The fraction of sp³-hybridized carbons (Fsp3) is 1.00. The number of nitrogens with one attached hydrogen (secondary N) is 1. The lowest BCUT2D eigenvalue weighted by molar-refractivity contribution is 0.194. The predicted molar refractivity (Wildman–Crippen MR) is 26.2 cm³/mol. The minimum Gasteiger partial charge on any atom is -0.400 e. The van der Waals surface area contributed by atoms with E-state index in [4.69, 9.17) is 10.3 Å². The molecule has 0 aromatic heterocycles. The number of aliphatic hydroxyl groups excluding tert-OH is 1. The van der Waals surface area contributed by atoms with Crippen LogP contribution >= 0.6 is 12.4 Å². The van der Waals surface area contributed by atoms with Gasteiger partial charge in [0.15, 0.2) is 0 Å². The standard InChI is InChI=1S/CH5NO.CH4O.ClH/c1-2-3;1-2;/h2-3H,1H3;2H,1H3;1H. The normalized spacial score (nSPS) is 4.00. The molecule has 0 heterocycles. The van der Waals surface area contributed by atoms with Gasteiger partial charge in [0.05, 0.1) is 0 Å². The quantitative estimate of drug-likeness (QED) is 0.378. The van der Waals surface area contributed by atoms with Crippen molar-refractivity contribution in [2.24, 2.45) is 0 Å². The third kappa shape index (κ3) is 1450. The van der Waals surface area contributed by atoms with E-state index in [2.05, 4.69) is 0 Å². The van der Waals surface area contributed by atoms with E-state index < -0.39 is 0 Å². The molecule has 3 N–H and O–H groups in total. The highest BCUT2D eigenvalue weighted by Gasteiger charge is 1.24. The highest BCUT2D eigenvalue weighted by atomic mass is 35.5. The van der Waals surface area contributed by atoms with E-state index >= 15 is 0 Å². The number of hydroxylamine groups is 1. The van der Waals surface area contributed by atoms with Gasteiger partial charge in [0.1, 0.15) is 0 Å². The van der Waals surface area contributed by atoms with Crippen LogP contribution in [-0.4, -0.2) is 24.5 Å². The zero-order chi connectivity index (χ0) is 4.71. The largest absolute Gasteiger partial charge is 0.400 e.